The molecule has 0 radical (unpaired) electrons. The van der Waals surface area contributed by atoms with Crippen LogP contribution in [0, 0.1) is 0 Å². The summed E-state index contributed by atoms with van der Waals surface area (Å²) in [5, 5.41) is 17.9. The predicted octanol–water partition coefficient (Wildman–Crippen LogP) is 1.94. The Hall–Kier alpha value is -3.43. The first-order chi connectivity index (χ1) is 12.7. The van der Waals surface area contributed by atoms with Gasteiger partial charge in [-0.05, 0) is 53.6 Å². The SMILES string of the molecule is NC(=O)c1cc(-c2ccnc(Nc3cccc(S(N)(=O)=O)c3)c2)ccc1O. The Labute approximate surface area is 155 Å². The van der Waals surface area contributed by atoms with Crippen LogP contribution < -0.4 is 16.2 Å². The van der Waals surface area contributed by atoms with Crippen LogP contribution in [0.25, 0.3) is 11.1 Å². The molecular formula is C18H16N4O4S. The van der Waals surface area contributed by atoms with Crippen LogP contribution in [-0.2, 0) is 10.0 Å². The quantitative estimate of drug-likeness (QED) is 0.528. The number of phenols is 1. The summed E-state index contributed by atoms with van der Waals surface area (Å²) in [7, 11) is -3.81. The van der Waals surface area contributed by atoms with E-state index in [0.717, 1.165) is 5.56 Å². The number of hydrogen-bond acceptors (Lipinski definition) is 6. The standard InChI is InChI=1S/C18H16N4O4S/c19-18(24)15-8-11(4-5-16(15)23)12-6-7-21-17(9-12)22-13-2-1-3-14(10-13)27(20,25)26/h1-10,23H,(H2,19,24)(H,21,22)(H2,20,25,26). The highest BCUT2D eigenvalue weighted by molar-refractivity contribution is 7.89. The van der Waals surface area contributed by atoms with Crippen LogP contribution in [0.3, 0.4) is 0 Å². The van der Waals surface area contributed by atoms with E-state index in [1.54, 1.807) is 36.5 Å². The van der Waals surface area contributed by atoms with Gasteiger partial charge in [0.2, 0.25) is 10.0 Å². The summed E-state index contributed by atoms with van der Waals surface area (Å²) in [5.74, 6) is -0.479. The highest BCUT2D eigenvalue weighted by Crippen LogP contribution is 2.28. The molecule has 1 aromatic heterocycles. The number of amides is 1. The Balaban J connectivity index is 1.93. The number of primary amides is 1. The first-order valence-corrected chi connectivity index (χ1v) is 9.28. The van der Waals surface area contributed by atoms with Crippen molar-refractivity contribution in [2.24, 2.45) is 10.9 Å². The van der Waals surface area contributed by atoms with E-state index in [4.69, 9.17) is 10.9 Å². The number of hydrogen-bond donors (Lipinski definition) is 4. The van der Waals surface area contributed by atoms with Crippen LogP contribution in [0.4, 0.5) is 11.5 Å². The van der Waals surface area contributed by atoms with E-state index < -0.39 is 15.9 Å². The Morgan fingerprint density at radius 2 is 1.78 bits per heavy atom. The summed E-state index contributed by atoms with van der Waals surface area (Å²) in [5.41, 5.74) is 7.15. The summed E-state index contributed by atoms with van der Waals surface area (Å²) in [4.78, 5) is 15.6. The molecule has 3 rings (SSSR count). The van der Waals surface area contributed by atoms with Gasteiger partial charge in [-0.1, -0.05) is 12.1 Å². The fraction of sp³-hybridized carbons (Fsp3) is 0. The summed E-state index contributed by atoms with van der Waals surface area (Å²) < 4.78 is 22.9. The number of nitrogens with zero attached hydrogens (tertiary/aromatic N) is 1. The lowest BCUT2D eigenvalue weighted by Crippen LogP contribution is -2.12. The van der Waals surface area contributed by atoms with Gasteiger partial charge in [0.05, 0.1) is 10.5 Å². The van der Waals surface area contributed by atoms with Crippen molar-refractivity contribution >= 4 is 27.4 Å². The number of sulfonamides is 1. The van der Waals surface area contributed by atoms with Gasteiger partial charge >= 0.3 is 0 Å². The molecule has 0 atom stereocenters. The largest absolute Gasteiger partial charge is 0.507 e. The summed E-state index contributed by atoms with van der Waals surface area (Å²) in [6.45, 7) is 0. The van der Waals surface area contributed by atoms with Gasteiger partial charge < -0.3 is 16.2 Å². The number of nitrogens with one attached hydrogen (secondary N) is 1. The lowest BCUT2D eigenvalue weighted by molar-refractivity contribution is 0.0998. The zero-order valence-electron chi connectivity index (χ0n) is 14.0. The number of rotatable bonds is 5. The third-order valence-electron chi connectivity index (χ3n) is 3.79. The molecule has 0 aliphatic rings. The molecule has 0 aliphatic carbocycles. The van der Waals surface area contributed by atoms with Gasteiger partial charge in [-0.25, -0.2) is 18.5 Å². The summed E-state index contributed by atoms with van der Waals surface area (Å²) in [6, 6.07) is 14.0. The lowest BCUT2D eigenvalue weighted by atomic mass is 10.0. The molecule has 0 bridgehead atoms. The third kappa shape index (κ3) is 4.22. The van der Waals surface area contributed by atoms with Crippen molar-refractivity contribution in [1.82, 2.24) is 4.98 Å². The maximum Gasteiger partial charge on any atom is 0.252 e. The number of anilines is 2. The molecule has 0 aliphatic heterocycles. The molecular weight excluding hydrogens is 368 g/mol. The number of nitrogens with two attached hydrogens (primary N) is 2. The average molecular weight is 384 g/mol. The maximum absolute atomic E-state index is 11.5. The van der Waals surface area contributed by atoms with Crippen LogP contribution >= 0.6 is 0 Å². The Bertz CT molecular complexity index is 1130. The van der Waals surface area contributed by atoms with E-state index in [-0.39, 0.29) is 16.2 Å². The lowest BCUT2D eigenvalue weighted by Gasteiger charge is -2.10. The van der Waals surface area contributed by atoms with Crippen LogP contribution in [-0.4, -0.2) is 24.4 Å². The molecule has 2 aromatic carbocycles. The van der Waals surface area contributed by atoms with Gasteiger partial charge in [-0.3, -0.25) is 4.79 Å². The van der Waals surface area contributed by atoms with Crippen LogP contribution in [0.5, 0.6) is 5.75 Å². The van der Waals surface area contributed by atoms with E-state index in [0.29, 0.717) is 17.1 Å². The second kappa shape index (κ2) is 7.06. The number of carbonyl (C=O) groups excluding carboxylic acids is 1. The fourth-order valence-electron chi connectivity index (χ4n) is 2.49. The van der Waals surface area contributed by atoms with Gasteiger partial charge in [0.15, 0.2) is 0 Å². The van der Waals surface area contributed by atoms with E-state index in [1.165, 1.54) is 24.3 Å². The van der Waals surface area contributed by atoms with Crippen molar-refractivity contribution in [3.8, 4) is 16.9 Å². The Morgan fingerprint density at radius 3 is 2.48 bits per heavy atom. The first kappa shape index (κ1) is 18.4. The third-order valence-corrected chi connectivity index (χ3v) is 4.70. The number of benzene rings is 2. The van der Waals surface area contributed by atoms with E-state index in [1.807, 2.05) is 0 Å². The van der Waals surface area contributed by atoms with Gasteiger partial charge in [0.25, 0.3) is 5.91 Å². The molecule has 1 amide bonds. The first-order valence-electron chi connectivity index (χ1n) is 7.73. The van der Waals surface area contributed by atoms with Crippen molar-refractivity contribution in [2.75, 3.05) is 5.32 Å². The van der Waals surface area contributed by atoms with E-state index >= 15 is 0 Å². The smallest absolute Gasteiger partial charge is 0.252 e. The van der Waals surface area contributed by atoms with Crippen molar-refractivity contribution < 1.29 is 18.3 Å². The normalized spacial score (nSPS) is 11.1. The summed E-state index contributed by atoms with van der Waals surface area (Å²) in [6.07, 6.45) is 1.55. The van der Waals surface area contributed by atoms with Crippen LogP contribution in [0.15, 0.2) is 65.7 Å². The molecule has 0 fully saturated rings. The van der Waals surface area contributed by atoms with Crippen molar-refractivity contribution in [3.05, 3.63) is 66.4 Å². The second-order valence-corrected chi connectivity index (χ2v) is 7.29. The molecule has 27 heavy (non-hydrogen) atoms. The van der Waals surface area contributed by atoms with Gasteiger partial charge in [0, 0.05) is 11.9 Å². The molecule has 9 heteroatoms. The molecule has 138 valence electrons. The number of aromatic hydroxyl groups is 1. The summed E-state index contributed by atoms with van der Waals surface area (Å²) >= 11 is 0. The zero-order chi connectivity index (χ0) is 19.6. The number of carbonyl (C=O) groups is 1. The van der Waals surface area contributed by atoms with Gasteiger partial charge in [0.1, 0.15) is 11.6 Å². The molecule has 0 saturated heterocycles. The highest BCUT2D eigenvalue weighted by atomic mass is 32.2. The van der Waals surface area contributed by atoms with Crippen molar-refractivity contribution in [1.29, 1.82) is 0 Å². The minimum atomic E-state index is -3.81. The van der Waals surface area contributed by atoms with E-state index in [9.17, 15) is 18.3 Å². The maximum atomic E-state index is 11.5. The second-order valence-electron chi connectivity index (χ2n) is 5.72. The predicted molar refractivity (Wildman–Crippen MR) is 101 cm³/mol. The topological polar surface area (TPSA) is 148 Å². The van der Waals surface area contributed by atoms with Gasteiger partial charge in [-0.15, -0.1) is 0 Å². The number of pyridine rings is 1. The minimum Gasteiger partial charge on any atom is -0.507 e. The molecule has 0 spiro atoms. The average Bonchev–Trinajstić information content (AvgIpc) is 2.61. The zero-order valence-corrected chi connectivity index (χ0v) is 14.8. The Kier molecular flexibility index (Phi) is 4.80. The minimum absolute atomic E-state index is 0.0136. The molecule has 0 saturated carbocycles. The van der Waals surface area contributed by atoms with Crippen LogP contribution in [0.2, 0.25) is 0 Å². The van der Waals surface area contributed by atoms with Gasteiger partial charge in [-0.2, -0.15) is 0 Å². The number of primary sulfonamides is 1. The molecule has 8 nitrogen and oxygen atoms in total. The van der Waals surface area contributed by atoms with Crippen molar-refractivity contribution in [3.63, 3.8) is 0 Å². The van der Waals surface area contributed by atoms with Crippen LogP contribution in [0.1, 0.15) is 10.4 Å². The molecule has 1 heterocycles. The Morgan fingerprint density at radius 1 is 1.04 bits per heavy atom. The monoisotopic (exact) mass is 384 g/mol. The fourth-order valence-corrected chi connectivity index (χ4v) is 3.05. The molecule has 6 N–H and O–H groups in total. The molecule has 0 unspecified atom stereocenters. The highest BCUT2D eigenvalue weighted by Gasteiger charge is 2.11. The molecule has 3 aromatic rings. The van der Waals surface area contributed by atoms with Crippen molar-refractivity contribution in [2.45, 2.75) is 4.90 Å². The number of aromatic nitrogens is 1. The van der Waals surface area contributed by atoms with E-state index in [2.05, 4.69) is 10.3 Å².